The van der Waals surface area contributed by atoms with Crippen LogP contribution in [-0.2, 0) is 0 Å². The first-order valence-electron chi connectivity index (χ1n) is 8.04. The van der Waals surface area contributed by atoms with E-state index < -0.39 is 5.82 Å². The molecule has 1 aromatic carbocycles. The van der Waals surface area contributed by atoms with Gasteiger partial charge < -0.3 is 5.32 Å². The Morgan fingerprint density at radius 3 is 2.39 bits per heavy atom. The third kappa shape index (κ3) is 5.86. The molecular weight excluding hydrogens is 341 g/mol. The van der Waals surface area contributed by atoms with Crippen molar-refractivity contribution in [2.45, 2.75) is 45.6 Å². The number of aryl methyl sites for hydroxylation is 1. The molecule has 1 saturated heterocycles. The Balaban J connectivity index is 0.00000242. The predicted molar refractivity (Wildman–Crippen MR) is 96.9 cm³/mol. The van der Waals surface area contributed by atoms with Crippen LogP contribution in [0.25, 0.3) is 0 Å². The molecule has 0 aliphatic carbocycles. The highest BCUT2D eigenvalue weighted by Gasteiger charge is 2.27. The van der Waals surface area contributed by atoms with Gasteiger partial charge in [-0.1, -0.05) is 32.3 Å². The smallest absolute Gasteiger partial charge is 0.133 e. The highest BCUT2D eigenvalue weighted by molar-refractivity contribution is 5.85. The minimum Gasteiger partial charge on any atom is -0.314 e. The molecule has 1 aromatic rings. The topological polar surface area (TPSA) is 15.3 Å². The van der Waals surface area contributed by atoms with Crippen molar-refractivity contribution in [2.75, 3.05) is 26.2 Å². The molecule has 1 heterocycles. The molecule has 1 N–H and O–H groups in total. The van der Waals surface area contributed by atoms with E-state index >= 15 is 0 Å². The lowest BCUT2D eigenvalue weighted by Gasteiger charge is -2.35. The number of unbranched alkanes of at least 4 members (excludes halogenated alkanes) is 2. The molecule has 0 saturated carbocycles. The average Bonchev–Trinajstić information content (AvgIpc) is 2.51. The molecule has 2 nitrogen and oxygen atoms in total. The predicted octanol–water partition coefficient (Wildman–Crippen LogP) is 4.64. The fourth-order valence-electron chi connectivity index (χ4n) is 3.07. The molecule has 0 spiro atoms. The first kappa shape index (κ1) is 22.6. The van der Waals surface area contributed by atoms with Crippen molar-refractivity contribution in [3.05, 3.63) is 34.9 Å². The van der Waals surface area contributed by atoms with Crippen LogP contribution in [0.2, 0.25) is 0 Å². The van der Waals surface area contributed by atoms with Gasteiger partial charge in [-0.3, -0.25) is 4.90 Å². The highest BCUT2D eigenvalue weighted by Crippen LogP contribution is 2.32. The van der Waals surface area contributed by atoms with Crippen molar-refractivity contribution < 1.29 is 8.78 Å². The second kappa shape index (κ2) is 11.2. The lowest BCUT2D eigenvalue weighted by molar-refractivity contribution is 0.156. The largest absolute Gasteiger partial charge is 0.314 e. The van der Waals surface area contributed by atoms with Gasteiger partial charge in [0, 0.05) is 37.8 Å². The van der Waals surface area contributed by atoms with Gasteiger partial charge in [-0.2, -0.15) is 0 Å². The second-order valence-electron chi connectivity index (χ2n) is 5.89. The van der Waals surface area contributed by atoms with Crippen molar-refractivity contribution in [3.8, 4) is 0 Å². The number of nitrogens with one attached hydrogen (secondary N) is 1. The summed E-state index contributed by atoms with van der Waals surface area (Å²) in [5.41, 5.74) is 0.801. The molecule has 1 fully saturated rings. The van der Waals surface area contributed by atoms with Gasteiger partial charge in [0.2, 0.25) is 0 Å². The molecule has 0 amide bonds. The van der Waals surface area contributed by atoms with Gasteiger partial charge in [-0.25, -0.2) is 8.78 Å². The van der Waals surface area contributed by atoms with Gasteiger partial charge in [-0.15, -0.1) is 24.8 Å². The van der Waals surface area contributed by atoms with Crippen LogP contribution in [-0.4, -0.2) is 31.1 Å². The maximum absolute atomic E-state index is 14.5. The summed E-state index contributed by atoms with van der Waals surface area (Å²) in [6, 6.07) is 2.79. The molecule has 2 rings (SSSR count). The van der Waals surface area contributed by atoms with Gasteiger partial charge >= 0.3 is 0 Å². The molecule has 134 valence electrons. The van der Waals surface area contributed by atoms with Crippen molar-refractivity contribution in [3.63, 3.8) is 0 Å². The quantitative estimate of drug-likeness (QED) is 0.735. The van der Waals surface area contributed by atoms with E-state index in [0.29, 0.717) is 5.56 Å². The maximum Gasteiger partial charge on any atom is 0.133 e. The molecule has 23 heavy (non-hydrogen) atoms. The summed E-state index contributed by atoms with van der Waals surface area (Å²) in [6.07, 6.45) is 4.06. The van der Waals surface area contributed by atoms with Crippen LogP contribution in [0.4, 0.5) is 8.78 Å². The molecular formula is C17H28Cl2F2N2. The molecule has 1 aliphatic rings. The van der Waals surface area contributed by atoms with Crippen molar-refractivity contribution in [1.82, 2.24) is 10.2 Å². The number of piperazine rings is 1. The Labute approximate surface area is 150 Å². The Kier molecular flexibility index (Phi) is 11.0. The number of nitrogens with zero attached hydrogens (tertiary/aromatic N) is 1. The summed E-state index contributed by atoms with van der Waals surface area (Å²) in [4.78, 5) is 2.23. The van der Waals surface area contributed by atoms with Gasteiger partial charge in [0.15, 0.2) is 0 Å². The lowest BCUT2D eigenvalue weighted by Crippen LogP contribution is -2.45. The van der Waals surface area contributed by atoms with E-state index in [1.54, 1.807) is 6.92 Å². The zero-order valence-corrected chi connectivity index (χ0v) is 15.5. The Hall–Kier alpha value is -0.420. The van der Waals surface area contributed by atoms with Crippen LogP contribution >= 0.6 is 24.8 Å². The number of rotatable bonds is 6. The summed E-state index contributed by atoms with van der Waals surface area (Å²) in [5.74, 6) is -0.770. The first-order valence-corrected chi connectivity index (χ1v) is 8.04. The van der Waals surface area contributed by atoms with Gasteiger partial charge in [-0.05, 0) is 25.0 Å². The summed E-state index contributed by atoms with van der Waals surface area (Å²) in [6.45, 7) is 7.33. The van der Waals surface area contributed by atoms with E-state index in [4.69, 9.17) is 0 Å². The van der Waals surface area contributed by atoms with Gasteiger partial charge in [0.05, 0.1) is 0 Å². The lowest BCUT2D eigenvalue weighted by atomic mass is 9.95. The molecule has 0 bridgehead atoms. The zero-order chi connectivity index (χ0) is 15.2. The van der Waals surface area contributed by atoms with Gasteiger partial charge in [0.25, 0.3) is 0 Å². The van der Waals surface area contributed by atoms with E-state index in [9.17, 15) is 8.78 Å². The first-order chi connectivity index (χ1) is 10.1. The summed E-state index contributed by atoms with van der Waals surface area (Å²) in [7, 11) is 0. The molecule has 6 heteroatoms. The minimum absolute atomic E-state index is 0. The third-order valence-corrected chi connectivity index (χ3v) is 4.33. The van der Waals surface area contributed by atoms with Crippen LogP contribution in [0.1, 0.15) is 49.8 Å². The highest BCUT2D eigenvalue weighted by atomic mass is 35.5. The van der Waals surface area contributed by atoms with Crippen LogP contribution in [0.5, 0.6) is 0 Å². The Morgan fingerprint density at radius 1 is 1.13 bits per heavy atom. The van der Waals surface area contributed by atoms with Crippen LogP contribution in [0.15, 0.2) is 12.1 Å². The van der Waals surface area contributed by atoms with Crippen LogP contribution < -0.4 is 5.32 Å². The molecule has 1 atom stereocenters. The van der Waals surface area contributed by atoms with Gasteiger partial charge in [0.1, 0.15) is 11.6 Å². The number of halogens is 4. The SMILES string of the molecule is CCCCC[C@@H](c1c(F)ccc(C)c1F)N1CCNCC1.Cl.Cl. The number of benzene rings is 1. The van der Waals surface area contributed by atoms with Crippen LogP contribution in [0.3, 0.4) is 0 Å². The van der Waals surface area contributed by atoms with Crippen LogP contribution in [0, 0.1) is 18.6 Å². The maximum atomic E-state index is 14.5. The van der Waals surface area contributed by atoms with E-state index in [1.165, 1.54) is 12.1 Å². The molecule has 0 unspecified atom stereocenters. The van der Waals surface area contributed by atoms with Crippen molar-refractivity contribution in [1.29, 1.82) is 0 Å². The molecule has 0 aromatic heterocycles. The minimum atomic E-state index is -0.405. The van der Waals surface area contributed by atoms with Crippen molar-refractivity contribution in [2.24, 2.45) is 0 Å². The third-order valence-electron chi connectivity index (χ3n) is 4.33. The normalized spacial score (nSPS) is 16.3. The number of hydrogen-bond acceptors (Lipinski definition) is 2. The van der Waals surface area contributed by atoms with E-state index in [2.05, 4.69) is 17.1 Å². The standard InChI is InChI=1S/C17H26F2N2.2ClH/c1-3-4-5-6-15(21-11-9-20-10-12-21)16-14(18)8-7-13(2)17(16)19;;/h7-8,15,20H,3-6,9-12H2,1-2H3;2*1H/t15-;;/m0../s1. The molecule has 0 radical (unpaired) electrons. The van der Waals surface area contributed by atoms with E-state index in [-0.39, 0.29) is 42.2 Å². The van der Waals surface area contributed by atoms with Crippen molar-refractivity contribution >= 4 is 24.8 Å². The summed E-state index contributed by atoms with van der Waals surface area (Å²) in [5, 5.41) is 3.30. The van der Waals surface area contributed by atoms with E-state index in [1.807, 2.05) is 0 Å². The monoisotopic (exact) mass is 368 g/mol. The van der Waals surface area contributed by atoms with E-state index in [0.717, 1.165) is 51.9 Å². The average molecular weight is 369 g/mol. The number of hydrogen-bond donors (Lipinski definition) is 1. The fourth-order valence-corrected chi connectivity index (χ4v) is 3.07. The summed E-state index contributed by atoms with van der Waals surface area (Å²) < 4.78 is 28.8. The Morgan fingerprint density at radius 2 is 1.78 bits per heavy atom. The summed E-state index contributed by atoms with van der Waals surface area (Å²) >= 11 is 0. The fraction of sp³-hybridized carbons (Fsp3) is 0.647. The molecule has 1 aliphatic heterocycles. The Bertz CT molecular complexity index is 466. The zero-order valence-electron chi connectivity index (χ0n) is 13.9. The second-order valence-corrected chi connectivity index (χ2v) is 5.89.